The lowest BCUT2D eigenvalue weighted by atomic mass is 9.85. The van der Waals surface area contributed by atoms with Gasteiger partial charge in [0.2, 0.25) is 10.0 Å². The lowest BCUT2D eigenvalue weighted by Gasteiger charge is -2.25. The van der Waals surface area contributed by atoms with Crippen LogP contribution >= 0.6 is 0 Å². The number of sulfonamides is 1. The summed E-state index contributed by atoms with van der Waals surface area (Å²) in [6.45, 7) is 0.621. The van der Waals surface area contributed by atoms with Crippen molar-refractivity contribution in [2.45, 2.75) is 24.2 Å². The molecule has 3 N–H and O–H groups in total. The van der Waals surface area contributed by atoms with Crippen LogP contribution in [0, 0.1) is 5.92 Å². The summed E-state index contributed by atoms with van der Waals surface area (Å²) in [4.78, 5) is 11.8. The van der Waals surface area contributed by atoms with E-state index < -0.39 is 10.0 Å². The first-order valence-corrected chi connectivity index (χ1v) is 7.95. The topological polar surface area (TPSA) is 98.5 Å². The number of amides is 1. The van der Waals surface area contributed by atoms with Crippen LogP contribution in [0.5, 0.6) is 5.75 Å². The third kappa shape index (κ3) is 3.29. The molecule has 0 bridgehead atoms. The first kappa shape index (κ1) is 14.8. The normalized spacial score (nSPS) is 15.5. The predicted molar refractivity (Wildman–Crippen MR) is 74.0 cm³/mol. The van der Waals surface area contributed by atoms with Gasteiger partial charge < -0.3 is 10.1 Å². The van der Waals surface area contributed by atoms with Crippen LogP contribution in [0.25, 0.3) is 0 Å². The van der Waals surface area contributed by atoms with Gasteiger partial charge in [-0.05, 0) is 37.0 Å². The molecular formula is C13H18N2O4S. The maximum atomic E-state index is 12.0. The molecular weight excluding hydrogens is 280 g/mol. The predicted octanol–water partition coefficient (Wildman–Crippen LogP) is 0.872. The minimum absolute atomic E-state index is 0.128. The second kappa shape index (κ2) is 5.80. The van der Waals surface area contributed by atoms with Crippen LogP contribution < -0.4 is 15.2 Å². The van der Waals surface area contributed by atoms with E-state index in [-0.39, 0.29) is 22.1 Å². The highest BCUT2D eigenvalue weighted by molar-refractivity contribution is 7.89. The Balaban J connectivity index is 2.17. The third-order valence-electron chi connectivity index (χ3n) is 3.51. The SMILES string of the molecule is COc1ccc(C(=O)NCC2CCC2)cc1S(N)(=O)=O. The Kier molecular flexibility index (Phi) is 4.29. The summed E-state index contributed by atoms with van der Waals surface area (Å²) in [6, 6.07) is 4.19. The number of benzene rings is 1. The second-order valence-electron chi connectivity index (χ2n) is 4.92. The van der Waals surface area contributed by atoms with Crippen molar-refractivity contribution in [2.75, 3.05) is 13.7 Å². The fourth-order valence-electron chi connectivity index (χ4n) is 2.08. The highest BCUT2D eigenvalue weighted by atomic mass is 32.2. The lowest BCUT2D eigenvalue weighted by molar-refractivity contribution is 0.0939. The molecule has 0 unspecified atom stereocenters. The maximum absolute atomic E-state index is 12.0. The Morgan fingerprint density at radius 2 is 2.15 bits per heavy atom. The van der Waals surface area contributed by atoms with Crippen molar-refractivity contribution in [1.29, 1.82) is 0 Å². The van der Waals surface area contributed by atoms with Crippen LogP contribution in [-0.4, -0.2) is 28.0 Å². The van der Waals surface area contributed by atoms with Crippen LogP contribution in [0.4, 0.5) is 0 Å². The van der Waals surface area contributed by atoms with E-state index in [4.69, 9.17) is 9.88 Å². The van der Waals surface area contributed by atoms with Crippen molar-refractivity contribution >= 4 is 15.9 Å². The molecule has 0 spiro atoms. The Hall–Kier alpha value is -1.60. The number of ether oxygens (including phenoxy) is 1. The highest BCUT2D eigenvalue weighted by Crippen LogP contribution is 2.26. The quantitative estimate of drug-likeness (QED) is 0.842. The van der Waals surface area contributed by atoms with Crippen LogP contribution in [-0.2, 0) is 10.0 Å². The fourth-order valence-corrected chi connectivity index (χ4v) is 2.80. The molecule has 1 aliphatic rings. The van der Waals surface area contributed by atoms with Gasteiger partial charge in [0.25, 0.3) is 5.91 Å². The van der Waals surface area contributed by atoms with Crippen molar-refractivity contribution in [2.24, 2.45) is 11.1 Å². The number of carbonyl (C=O) groups excluding carboxylic acids is 1. The smallest absolute Gasteiger partial charge is 0.251 e. The molecule has 1 saturated carbocycles. The maximum Gasteiger partial charge on any atom is 0.251 e. The Bertz CT molecular complexity index is 609. The molecule has 7 heteroatoms. The van der Waals surface area contributed by atoms with Crippen molar-refractivity contribution in [3.8, 4) is 5.75 Å². The number of nitrogens with one attached hydrogen (secondary N) is 1. The molecule has 0 aromatic heterocycles. The van der Waals surface area contributed by atoms with E-state index in [0.29, 0.717) is 12.5 Å². The number of hydrogen-bond acceptors (Lipinski definition) is 4. The van der Waals surface area contributed by atoms with Gasteiger partial charge in [-0.2, -0.15) is 0 Å². The van der Waals surface area contributed by atoms with Crippen LogP contribution in [0.15, 0.2) is 23.1 Å². The minimum atomic E-state index is -3.93. The van der Waals surface area contributed by atoms with Gasteiger partial charge >= 0.3 is 0 Å². The zero-order valence-electron chi connectivity index (χ0n) is 11.3. The Morgan fingerprint density at radius 1 is 1.45 bits per heavy atom. The van der Waals surface area contributed by atoms with Crippen molar-refractivity contribution in [3.05, 3.63) is 23.8 Å². The average molecular weight is 298 g/mol. The molecule has 6 nitrogen and oxygen atoms in total. The summed E-state index contributed by atoms with van der Waals surface area (Å²) in [5.41, 5.74) is 0.258. The standard InChI is InChI=1S/C13H18N2O4S/c1-19-11-6-5-10(7-12(11)20(14,17)18)13(16)15-8-9-3-2-4-9/h5-7,9H,2-4,8H2,1H3,(H,15,16)(H2,14,17,18). The van der Waals surface area contributed by atoms with Gasteiger partial charge in [-0.3, -0.25) is 4.79 Å². The molecule has 0 radical (unpaired) electrons. The molecule has 0 atom stereocenters. The number of methoxy groups -OCH3 is 1. The molecule has 110 valence electrons. The van der Waals surface area contributed by atoms with Crippen LogP contribution in [0.2, 0.25) is 0 Å². The molecule has 1 aromatic carbocycles. The molecule has 0 aliphatic heterocycles. The Labute approximate surface area is 118 Å². The monoisotopic (exact) mass is 298 g/mol. The second-order valence-corrected chi connectivity index (χ2v) is 6.45. The highest BCUT2D eigenvalue weighted by Gasteiger charge is 2.20. The van der Waals surface area contributed by atoms with Gasteiger partial charge in [0, 0.05) is 12.1 Å². The fraction of sp³-hybridized carbons (Fsp3) is 0.462. The zero-order valence-corrected chi connectivity index (χ0v) is 12.1. The van der Waals surface area contributed by atoms with E-state index in [1.807, 2.05) is 0 Å². The summed E-state index contributed by atoms with van der Waals surface area (Å²) in [7, 11) is -2.58. The molecule has 0 heterocycles. The number of hydrogen-bond donors (Lipinski definition) is 2. The van der Waals surface area contributed by atoms with Crippen molar-refractivity contribution < 1.29 is 17.9 Å². The van der Waals surface area contributed by atoms with Crippen molar-refractivity contribution in [1.82, 2.24) is 5.32 Å². The van der Waals surface area contributed by atoms with Gasteiger partial charge in [-0.15, -0.1) is 0 Å². The molecule has 1 fully saturated rings. The first-order chi connectivity index (χ1) is 9.41. The number of rotatable bonds is 5. The molecule has 20 heavy (non-hydrogen) atoms. The summed E-state index contributed by atoms with van der Waals surface area (Å²) < 4.78 is 27.9. The lowest BCUT2D eigenvalue weighted by Crippen LogP contribution is -2.32. The number of nitrogens with two attached hydrogens (primary N) is 1. The van der Waals surface area contributed by atoms with Crippen LogP contribution in [0.3, 0.4) is 0 Å². The number of primary sulfonamides is 1. The summed E-state index contributed by atoms with van der Waals surface area (Å²) in [5.74, 6) is 0.363. The number of carbonyl (C=O) groups is 1. The molecule has 0 saturated heterocycles. The van der Waals surface area contributed by atoms with Gasteiger partial charge in [0.05, 0.1) is 7.11 Å². The van der Waals surface area contributed by atoms with Gasteiger partial charge in [-0.1, -0.05) is 6.42 Å². The zero-order chi connectivity index (χ0) is 14.8. The van der Waals surface area contributed by atoms with Gasteiger partial charge in [0.1, 0.15) is 10.6 Å². The summed E-state index contributed by atoms with van der Waals surface area (Å²) in [6.07, 6.45) is 3.47. The molecule has 2 rings (SSSR count). The van der Waals surface area contributed by atoms with Gasteiger partial charge in [0.15, 0.2) is 0 Å². The molecule has 1 aromatic rings. The summed E-state index contributed by atoms with van der Waals surface area (Å²) in [5, 5.41) is 7.92. The van der Waals surface area contributed by atoms with E-state index in [1.54, 1.807) is 0 Å². The van der Waals surface area contributed by atoms with E-state index in [1.165, 1.54) is 31.7 Å². The minimum Gasteiger partial charge on any atom is -0.495 e. The van der Waals surface area contributed by atoms with E-state index in [9.17, 15) is 13.2 Å². The third-order valence-corrected chi connectivity index (χ3v) is 4.44. The largest absolute Gasteiger partial charge is 0.495 e. The van der Waals surface area contributed by atoms with E-state index in [0.717, 1.165) is 12.8 Å². The Morgan fingerprint density at radius 3 is 2.65 bits per heavy atom. The van der Waals surface area contributed by atoms with Crippen molar-refractivity contribution in [3.63, 3.8) is 0 Å². The van der Waals surface area contributed by atoms with Crippen LogP contribution in [0.1, 0.15) is 29.6 Å². The first-order valence-electron chi connectivity index (χ1n) is 6.41. The average Bonchev–Trinajstić information content (AvgIpc) is 2.35. The molecule has 1 aliphatic carbocycles. The van der Waals surface area contributed by atoms with Gasteiger partial charge in [-0.25, -0.2) is 13.6 Å². The van der Waals surface area contributed by atoms with E-state index in [2.05, 4.69) is 5.32 Å². The molecule has 1 amide bonds. The van der Waals surface area contributed by atoms with E-state index >= 15 is 0 Å². The summed E-state index contributed by atoms with van der Waals surface area (Å²) >= 11 is 0.